The van der Waals surface area contributed by atoms with Gasteiger partial charge in [-0.05, 0) is 48.8 Å². The third-order valence-electron chi connectivity index (χ3n) is 4.39. The van der Waals surface area contributed by atoms with Gasteiger partial charge in [-0.15, -0.1) is 11.8 Å². The van der Waals surface area contributed by atoms with Gasteiger partial charge in [0.1, 0.15) is 0 Å². The van der Waals surface area contributed by atoms with Crippen molar-refractivity contribution >= 4 is 39.2 Å². The summed E-state index contributed by atoms with van der Waals surface area (Å²) in [6.07, 6.45) is 8.88. The van der Waals surface area contributed by atoms with E-state index in [1.807, 2.05) is 5.41 Å². The topological polar surface area (TPSA) is 65.1 Å². The van der Waals surface area contributed by atoms with Crippen LogP contribution in [0, 0.1) is 0 Å². The predicted octanol–water partition coefficient (Wildman–Crippen LogP) is 6.13. The second kappa shape index (κ2) is 12.1. The average molecular weight is 467 g/mol. The molecule has 5 nitrogen and oxygen atoms in total. The lowest BCUT2D eigenvalue weighted by Crippen LogP contribution is -2.18. The van der Waals surface area contributed by atoms with E-state index in [1.165, 1.54) is 43.1 Å². The number of nitrogens with zero attached hydrogens (tertiary/aromatic N) is 2. The van der Waals surface area contributed by atoms with Crippen molar-refractivity contribution < 1.29 is 9.32 Å². The first-order valence-electron chi connectivity index (χ1n) is 9.72. The number of benzene rings is 1. The van der Waals surface area contributed by atoms with Crippen molar-refractivity contribution in [3.8, 4) is 0 Å². The molecule has 0 aliphatic carbocycles. The summed E-state index contributed by atoms with van der Waals surface area (Å²) in [7, 11) is 0. The Balaban J connectivity index is 1.93. The average Bonchev–Trinajstić information content (AvgIpc) is 3.08. The van der Waals surface area contributed by atoms with Crippen molar-refractivity contribution in [1.29, 1.82) is 0 Å². The van der Waals surface area contributed by atoms with Crippen LogP contribution in [0.25, 0.3) is 5.70 Å². The van der Waals surface area contributed by atoms with E-state index in [4.69, 9.17) is 4.52 Å². The molecule has 0 aliphatic rings. The van der Waals surface area contributed by atoms with Crippen molar-refractivity contribution in [1.82, 2.24) is 9.72 Å². The highest BCUT2D eigenvalue weighted by atomic mass is 79.9. The van der Waals surface area contributed by atoms with Crippen LogP contribution in [0.3, 0.4) is 0 Å². The van der Waals surface area contributed by atoms with Gasteiger partial charge in [0.15, 0.2) is 0 Å². The second-order valence-corrected chi connectivity index (χ2v) is 8.59. The molecule has 28 heavy (non-hydrogen) atoms. The summed E-state index contributed by atoms with van der Waals surface area (Å²) in [6, 6.07) is 6.92. The Bertz CT molecular complexity index is 840. The van der Waals surface area contributed by atoms with Gasteiger partial charge in [0.05, 0.1) is 0 Å². The lowest BCUT2D eigenvalue weighted by molar-refractivity contribution is 0.102. The van der Waals surface area contributed by atoms with Crippen LogP contribution in [0.5, 0.6) is 0 Å². The highest BCUT2D eigenvalue weighted by Crippen LogP contribution is 2.17. The Hall–Kier alpha value is -1.60. The normalized spacial score (nSPS) is 11.8. The van der Waals surface area contributed by atoms with Crippen LogP contribution in [-0.2, 0) is 0 Å². The van der Waals surface area contributed by atoms with Crippen molar-refractivity contribution in [3.63, 3.8) is 0 Å². The summed E-state index contributed by atoms with van der Waals surface area (Å²) in [6.45, 7) is 4.01. The summed E-state index contributed by atoms with van der Waals surface area (Å²) in [5, 5.41) is 5.59. The van der Waals surface area contributed by atoms with Gasteiger partial charge >= 0.3 is 5.76 Å². The highest BCUT2D eigenvalue weighted by Gasteiger charge is 2.21. The lowest BCUT2D eigenvalue weighted by atomic mass is 10.1. The molecule has 2 aromatic rings. The van der Waals surface area contributed by atoms with Crippen molar-refractivity contribution in [2.45, 2.75) is 58.8 Å². The highest BCUT2D eigenvalue weighted by molar-refractivity contribution is 9.10. The fourth-order valence-corrected chi connectivity index (χ4v) is 3.91. The number of allylic oxidation sites excluding steroid dienone is 1. The number of hydrogen-bond acceptors (Lipinski definition) is 5. The molecule has 0 saturated carbocycles. The minimum Gasteiger partial charge on any atom is -0.295 e. The zero-order valence-electron chi connectivity index (χ0n) is 16.4. The molecule has 1 aromatic heterocycles. The molecule has 1 heterocycles. The zero-order chi connectivity index (χ0) is 20.4. The zero-order valence-corrected chi connectivity index (χ0v) is 18.9. The van der Waals surface area contributed by atoms with E-state index < -0.39 is 5.76 Å². The van der Waals surface area contributed by atoms with Crippen LogP contribution < -0.4 is 5.76 Å². The first-order chi connectivity index (χ1) is 13.5. The molecule has 0 fully saturated rings. The van der Waals surface area contributed by atoms with Gasteiger partial charge in [-0.1, -0.05) is 66.5 Å². The number of unbranched alkanes of at least 4 members (excludes halogenated alkanes) is 6. The summed E-state index contributed by atoms with van der Waals surface area (Å²) < 4.78 is 6.86. The number of carbonyl (C=O) groups excluding carboxylic acids is 1. The molecule has 0 radical (unpaired) electrons. The third kappa shape index (κ3) is 6.78. The monoisotopic (exact) mass is 466 g/mol. The molecule has 152 valence electrons. The van der Waals surface area contributed by atoms with Crippen LogP contribution >= 0.6 is 27.7 Å². The maximum atomic E-state index is 12.7. The molecule has 0 aliphatic heterocycles. The molecule has 0 amide bonds. The van der Waals surface area contributed by atoms with Crippen molar-refractivity contribution in [3.05, 3.63) is 56.1 Å². The second-order valence-electron chi connectivity index (χ2n) is 6.69. The van der Waals surface area contributed by atoms with E-state index in [-0.39, 0.29) is 11.6 Å². The summed E-state index contributed by atoms with van der Waals surface area (Å²) in [4.78, 5) is 24.7. The van der Waals surface area contributed by atoms with Crippen molar-refractivity contribution in [2.24, 2.45) is 0 Å². The molecule has 0 atom stereocenters. The Morgan fingerprint density at radius 1 is 1.14 bits per heavy atom. The fourth-order valence-electron chi connectivity index (χ4n) is 2.81. The molecule has 0 N–H and O–H groups in total. The van der Waals surface area contributed by atoms with Crippen LogP contribution in [0.4, 0.5) is 0 Å². The standard InChI is InChI=1S/C21H27BrN2O3S/c1-3-4-5-6-7-8-9-14-28-15-16(2)24-20(23-27-21(24)26)19(25)17-10-12-18(22)13-11-17/h10-13,15H,3-9,14H2,1-2H3/b16-15-. The Kier molecular flexibility index (Phi) is 9.78. The number of halogens is 1. The number of hydrogen-bond donors (Lipinski definition) is 0. The van der Waals surface area contributed by atoms with E-state index in [0.717, 1.165) is 16.6 Å². The maximum absolute atomic E-state index is 12.7. The minimum absolute atomic E-state index is 0.00223. The van der Waals surface area contributed by atoms with E-state index in [0.29, 0.717) is 11.3 Å². The summed E-state index contributed by atoms with van der Waals surface area (Å²) >= 11 is 4.99. The Morgan fingerprint density at radius 3 is 2.46 bits per heavy atom. The molecule has 7 heteroatoms. The molecule has 2 rings (SSSR count). The summed E-state index contributed by atoms with van der Waals surface area (Å²) in [5.74, 6) is -0.00673. The van der Waals surface area contributed by atoms with Crippen LogP contribution in [0.1, 0.15) is 75.0 Å². The molecule has 1 aromatic carbocycles. The smallest absolute Gasteiger partial charge is 0.295 e. The molecular formula is C21H27BrN2O3S. The van der Waals surface area contributed by atoms with E-state index >= 15 is 0 Å². The first-order valence-corrected chi connectivity index (χ1v) is 11.6. The van der Waals surface area contributed by atoms with Gasteiger partial charge in [0.2, 0.25) is 11.6 Å². The van der Waals surface area contributed by atoms with Crippen LogP contribution in [0.15, 0.2) is 43.5 Å². The molecule has 0 bridgehead atoms. The number of rotatable bonds is 12. The van der Waals surface area contributed by atoms with E-state index in [1.54, 1.807) is 43.0 Å². The Labute approximate surface area is 178 Å². The molecule has 0 saturated heterocycles. The predicted molar refractivity (Wildman–Crippen MR) is 119 cm³/mol. The largest absolute Gasteiger partial charge is 0.446 e. The fraction of sp³-hybridized carbons (Fsp3) is 0.476. The van der Waals surface area contributed by atoms with Crippen LogP contribution in [-0.4, -0.2) is 21.3 Å². The number of aromatic nitrogens is 2. The van der Waals surface area contributed by atoms with Crippen molar-refractivity contribution in [2.75, 3.05) is 5.75 Å². The molecule has 0 spiro atoms. The number of ketones is 1. The Morgan fingerprint density at radius 2 is 1.79 bits per heavy atom. The number of carbonyl (C=O) groups is 1. The quantitative estimate of drug-likeness (QED) is 0.278. The van der Waals surface area contributed by atoms with Crippen LogP contribution in [0.2, 0.25) is 0 Å². The third-order valence-corrected chi connectivity index (χ3v) is 5.95. The van der Waals surface area contributed by atoms with Gasteiger partial charge in [0.25, 0.3) is 0 Å². The minimum atomic E-state index is -0.647. The van der Waals surface area contributed by atoms with E-state index in [2.05, 4.69) is 28.0 Å². The SMILES string of the molecule is CCCCCCCCCS/C=C(/C)n1c(C(=O)c2ccc(Br)cc2)noc1=O. The molecule has 0 unspecified atom stereocenters. The van der Waals surface area contributed by atoms with Gasteiger partial charge in [-0.3, -0.25) is 9.32 Å². The summed E-state index contributed by atoms with van der Waals surface area (Å²) in [5.41, 5.74) is 1.09. The van der Waals surface area contributed by atoms with Gasteiger partial charge in [-0.2, -0.15) is 0 Å². The van der Waals surface area contributed by atoms with Gasteiger partial charge in [-0.25, -0.2) is 9.36 Å². The van der Waals surface area contributed by atoms with Gasteiger partial charge < -0.3 is 0 Å². The van der Waals surface area contributed by atoms with E-state index in [9.17, 15) is 9.59 Å². The number of thioether (sulfide) groups is 1. The first kappa shape index (κ1) is 22.7. The lowest BCUT2D eigenvalue weighted by Gasteiger charge is -2.05. The van der Waals surface area contributed by atoms with Gasteiger partial charge in [0, 0.05) is 15.7 Å². The maximum Gasteiger partial charge on any atom is 0.446 e. The molecular weight excluding hydrogens is 440 g/mol.